The predicted octanol–water partition coefficient (Wildman–Crippen LogP) is 0.217. The van der Waals surface area contributed by atoms with E-state index >= 15 is 0 Å². The molecule has 0 bridgehead atoms. The van der Waals surface area contributed by atoms with Gasteiger partial charge in [-0.3, -0.25) is 4.79 Å². The molecule has 1 saturated heterocycles. The fraction of sp³-hybridized carbons (Fsp3) is 0.900. The molecule has 0 saturated carbocycles. The molecule has 14 heavy (non-hydrogen) atoms. The average Bonchev–Trinajstić information content (AvgIpc) is 2.53. The third-order valence-corrected chi connectivity index (χ3v) is 2.14. The monoisotopic (exact) mass is 202 g/mol. The Hall–Kier alpha value is -0.610. The van der Waals surface area contributed by atoms with Crippen LogP contribution in [0.15, 0.2) is 0 Å². The number of nitrogens with one attached hydrogen (secondary N) is 1. The van der Waals surface area contributed by atoms with Gasteiger partial charge in [-0.25, -0.2) is 0 Å². The number of hydrogen-bond acceptors (Lipinski definition) is 3. The summed E-state index contributed by atoms with van der Waals surface area (Å²) < 4.78 is 0. The van der Waals surface area contributed by atoms with Gasteiger partial charge in [0.25, 0.3) is 0 Å². The number of unbranched alkanes of at least 4 members (excludes halogenated alkanes) is 1. The minimum atomic E-state index is 0.292. The van der Waals surface area contributed by atoms with Crippen molar-refractivity contribution in [3.8, 4) is 0 Å². The molecule has 1 heterocycles. The standard InChI is InChI=1S/C5H9NO.C5H13NO/c1-6-4-2-3-5(6)7;1-6-4-2-3-5-7/h2-4H2,1H3;6-7H,2-5H2,1H3. The topological polar surface area (TPSA) is 52.6 Å². The zero-order valence-corrected chi connectivity index (χ0v) is 9.25. The van der Waals surface area contributed by atoms with Crippen LogP contribution in [0.1, 0.15) is 25.7 Å². The molecule has 2 N–H and O–H groups in total. The summed E-state index contributed by atoms with van der Waals surface area (Å²) in [5.74, 6) is 0.292. The van der Waals surface area contributed by atoms with Crippen molar-refractivity contribution in [3.05, 3.63) is 0 Å². The number of likely N-dealkylation sites (tertiary alicyclic amines) is 1. The van der Waals surface area contributed by atoms with Crippen LogP contribution in [0.25, 0.3) is 0 Å². The van der Waals surface area contributed by atoms with Gasteiger partial charge in [-0.1, -0.05) is 0 Å². The van der Waals surface area contributed by atoms with Crippen LogP contribution >= 0.6 is 0 Å². The highest BCUT2D eigenvalue weighted by atomic mass is 16.2. The zero-order valence-electron chi connectivity index (χ0n) is 9.25. The van der Waals surface area contributed by atoms with E-state index in [1.54, 1.807) is 4.90 Å². The van der Waals surface area contributed by atoms with Crippen LogP contribution in [-0.4, -0.2) is 49.7 Å². The molecule has 0 aromatic heterocycles. The summed E-state index contributed by atoms with van der Waals surface area (Å²) >= 11 is 0. The summed E-state index contributed by atoms with van der Waals surface area (Å²) in [6, 6.07) is 0. The quantitative estimate of drug-likeness (QED) is 0.641. The van der Waals surface area contributed by atoms with Crippen molar-refractivity contribution >= 4 is 5.91 Å². The van der Waals surface area contributed by atoms with Gasteiger partial charge in [0, 0.05) is 26.6 Å². The van der Waals surface area contributed by atoms with Gasteiger partial charge >= 0.3 is 0 Å². The zero-order chi connectivity index (χ0) is 10.8. The van der Waals surface area contributed by atoms with Crippen LogP contribution in [0.2, 0.25) is 0 Å². The molecule has 0 aromatic rings. The Morgan fingerprint density at radius 1 is 1.50 bits per heavy atom. The van der Waals surface area contributed by atoms with Gasteiger partial charge in [-0.15, -0.1) is 0 Å². The lowest BCUT2D eigenvalue weighted by molar-refractivity contribution is -0.126. The van der Waals surface area contributed by atoms with Crippen LogP contribution in [0.5, 0.6) is 0 Å². The number of rotatable bonds is 4. The molecule has 0 atom stereocenters. The van der Waals surface area contributed by atoms with Crippen molar-refractivity contribution in [2.45, 2.75) is 25.7 Å². The van der Waals surface area contributed by atoms with Crippen LogP contribution in [-0.2, 0) is 4.79 Å². The average molecular weight is 202 g/mol. The highest BCUT2D eigenvalue weighted by molar-refractivity contribution is 5.77. The van der Waals surface area contributed by atoms with E-state index in [4.69, 9.17) is 5.11 Å². The predicted molar refractivity (Wildman–Crippen MR) is 57.1 cm³/mol. The molecular formula is C10H22N2O2. The van der Waals surface area contributed by atoms with E-state index in [0.29, 0.717) is 12.5 Å². The lowest BCUT2D eigenvalue weighted by Gasteiger charge is -2.03. The van der Waals surface area contributed by atoms with E-state index < -0.39 is 0 Å². The summed E-state index contributed by atoms with van der Waals surface area (Å²) in [4.78, 5) is 12.3. The number of carbonyl (C=O) groups is 1. The SMILES string of the molecule is CN1CCCC1=O.CNCCCCO. The highest BCUT2D eigenvalue weighted by Gasteiger charge is 2.14. The Morgan fingerprint density at radius 3 is 2.50 bits per heavy atom. The van der Waals surface area contributed by atoms with Gasteiger partial charge in [-0.2, -0.15) is 0 Å². The molecule has 0 unspecified atom stereocenters. The molecule has 1 aliphatic rings. The number of amides is 1. The smallest absolute Gasteiger partial charge is 0.222 e. The van der Waals surface area contributed by atoms with Gasteiger partial charge in [0.15, 0.2) is 0 Å². The van der Waals surface area contributed by atoms with Crippen molar-refractivity contribution in [1.82, 2.24) is 10.2 Å². The molecule has 4 nitrogen and oxygen atoms in total. The van der Waals surface area contributed by atoms with Crippen LogP contribution in [0.3, 0.4) is 0 Å². The molecular weight excluding hydrogens is 180 g/mol. The van der Waals surface area contributed by atoms with Crippen LogP contribution in [0, 0.1) is 0 Å². The molecule has 84 valence electrons. The maximum absolute atomic E-state index is 10.5. The summed E-state index contributed by atoms with van der Waals surface area (Å²) in [5, 5.41) is 11.3. The van der Waals surface area contributed by atoms with Gasteiger partial charge in [0.05, 0.1) is 0 Å². The summed E-state index contributed by atoms with van der Waals surface area (Å²) in [7, 11) is 3.76. The van der Waals surface area contributed by atoms with E-state index in [9.17, 15) is 4.79 Å². The Kier molecular flexibility index (Phi) is 8.57. The van der Waals surface area contributed by atoms with Crippen LogP contribution in [0.4, 0.5) is 0 Å². The number of hydrogen-bond donors (Lipinski definition) is 2. The highest BCUT2D eigenvalue weighted by Crippen LogP contribution is 2.04. The Morgan fingerprint density at radius 2 is 2.21 bits per heavy atom. The molecule has 1 fully saturated rings. The first-order valence-corrected chi connectivity index (χ1v) is 5.21. The van der Waals surface area contributed by atoms with Gasteiger partial charge in [0.2, 0.25) is 5.91 Å². The van der Waals surface area contributed by atoms with E-state index in [1.165, 1.54) is 0 Å². The second kappa shape index (κ2) is 8.97. The van der Waals surface area contributed by atoms with Crippen molar-refractivity contribution in [2.24, 2.45) is 0 Å². The molecule has 1 rings (SSSR count). The fourth-order valence-corrected chi connectivity index (χ4v) is 1.20. The Labute approximate surface area is 86.3 Å². The normalized spacial score (nSPS) is 15.4. The van der Waals surface area contributed by atoms with Gasteiger partial charge in [-0.05, 0) is 32.9 Å². The molecule has 4 heteroatoms. The van der Waals surface area contributed by atoms with Crippen molar-refractivity contribution in [1.29, 1.82) is 0 Å². The summed E-state index contributed by atoms with van der Waals surface area (Å²) in [6.45, 7) is 2.29. The minimum absolute atomic E-state index is 0.292. The largest absolute Gasteiger partial charge is 0.396 e. The lowest BCUT2D eigenvalue weighted by Crippen LogP contribution is -2.17. The lowest BCUT2D eigenvalue weighted by atomic mass is 10.3. The van der Waals surface area contributed by atoms with E-state index in [0.717, 1.165) is 38.8 Å². The number of nitrogens with zero attached hydrogens (tertiary/aromatic N) is 1. The molecule has 0 aliphatic carbocycles. The number of aliphatic hydroxyl groups is 1. The third kappa shape index (κ3) is 6.86. The molecule has 0 aromatic carbocycles. The maximum atomic E-state index is 10.5. The van der Waals surface area contributed by atoms with Gasteiger partial charge < -0.3 is 15.3 Å². The second-order valence-corrected chi connectivity index (χ2v) is 3.45. The summed E-state index contributed by atoms with van der Waals surface area (Å²) in [5.41, 5.74) is 0. The number of carbonyl (C=O) groups excluding carboxylic acids is 1. The van der Waals surface area contributed by atoms with Crippen molar-refractivity contribution < 1.29 is 9.90 Å². The fourth-order valence-electron chi connectivity index (χ4n) is 1.20. The van der Waals surface area contributed by atoms with E-state index in [1.807, 2.05) is 14.1 Å². The molecule has 1 aliphatic heterocycles. The first-order chi connectivity index (χ1) is 6.72. The molecule has 0 radical (unpaired) electrons. The first-order valence-electron chi connectivity index (χ1n) is 5.21. The molecule has 1 amide bonds. The van der Waals surface area contributed by atoms with Crippen molar-refractivity contribution in [3.63, 3.8) is 0 Å². The van der Waals surface area contributed by atoms with E-state index in [2.05, 4.69) is 5.32 Å². The van der Waals surface area contributed by atoms with E-state index in [-0.39, 0.29) is 0 Å². The van der Waals surface area contributed by atoms with Crippen LogP contribution < -0.4 is 5.32 Å². The Bertz CT molecular complexity index is 147. The number of aliphatic hydroxyl groups excluding tert-OH is 1. The third-order valence-electron chi connectivity index (χ3n) is 2.14. The molecule has 0 spiro atoms. The Balaban J connectivity index is 0.000000241. The maximum Gasteiger partial charge on any atom is 0.222 e. The first kappa shape index (κ1) is 13.4. The van der Waals surface area contributed by atoms with Crippen molar-refractivity contribution in [2.75, 3.05) is 33.8 Å². The summed E-state index contributed by atoms with van der Waals surface area (Å²) in [6.07, 6.45) is 3.81. The van der Waals surface area contributed by atoms with Gasteiger partial charge in [0.1, 0.15) is 0 Å². The second-order valence-electron chi connectivity index (χ2n) is 3.45. The minimum Gasteiger partial charge on any atom is -0.396 e.